The maximum absolute atomic E-state index is 13.6. The quantitative estimate of drug-likeness (QED) is 0.485. The first-order valence-corrected chi connectivity index (χ1v) is 12.3. The van der Waals surface area contributed by atoms with Gasteiger partial charge in [-0.3, -0.25) is 14.4 Å². The van der Waals surface area contributed by atoms with E-state index in [2.05, 4.69) is 15.6 Å². The number of imidazole rings is 1. The first kappa shape index (κ1) is 25.4. The summed E-state index contributed by atoms with van der Waals surface area (Å²) < 4.78 is 1.60. The highest BCUT2D eigenvalue weighted by molar-refractivity contribution is 6.31. The molecule has 2 heterocycles. The molecule has 0 radical (unpaired) electrons. The largest absolute Gasteiger partial charge is 0.350 e. The molecule has 3 aromatic rings. The van der Waals surface area contributed by atoms with Crippen LogP contribution in [0, 0.1) is 6.92 Å². The number of nitrogens with zero attached hydrogens (tertiary/aromatic N) is 3. The second-order valence-electron chi connectivity index (χ2n) is 9.24. The van der Waals surface area contributed by atoms with Crippen LogP contribution in [0.15, 0.2) is 54.9 Å². The Labute approximate surface area is 215 Å². The number of carbonyl (C=O) groups excluding carboxylic acids is 3. The van der Waals surface area contributed by atoms with Crippen molar-refractivity contribution in [3.63, 3.8) is 0 Å². The summed E-state index contributed by atoms with van der Waals surface area (Å²) in [6.45, 7) is 6.84. The van der Waals surface area contributed by atoms with Gasteiger partial charge in [-0.05, 0) is 37.5 Å². The van der Waals surface area contributed by atoms with E-state index in [9.17, 15) is 14.4 Å². The van der Waals surface area contributed by atoms with E-state index in [0.717, 1.165) is 16.7 Å². The number of aromatic nitrogens is 2. The lowest BCUT2D eigenvalue weighted by Crippen LogP contribution is -2.64. The van der Waals surface area contributed by atoms with Crippen LogP contribution in [0.4, 0.5) is 0 Å². The second-order valence-corrected chi connectivity index (χ2v) is 9.65. The van der Waals surface area contributed by atoms with Crippen LogP contribution in [-0.4, -0.2) is 44.3 Å². The lowest BCUT2D eigenvalue weighted by molar-refractivity contribution is -0.133. The highest BCUT2D eigenvalue weighted by Crippen LogP contribution is 2.29. The Morgan fingerprint density at radius 2 is 1.81 bits per heavy atom. The van der Waals surface area contributed by atoms with E-state index in [1.807, 2.05) is 56.3 Å². The number of carbonyl (C=O) groups is 3. The van der Waals surface area contributed by atoms with Gasteiger partial charge in [0.1, 0.15) is 11.2 Å². The molecule has 0 saturated heterocycles. The van der Waals surface area contributed by atoms with Crippen molar-refractivity contribution in [2.24, 2.45) is 0 Å². The standard InChI is InChI=1S/C27H30ClN5O3/c1-4-13-33-25(35)23-22(24(34)29-15-20-7-5-6-8-21(20)28)31-17-32(23)16-27(33,3)26(36)30-14-19-11-9-18(2)10-12-19/h5-12,17H,4,13-16H2,1-3H3,(H,29,34)(H,30,36)/t27-/m0/s1. The van der Waals surface area contributed by atoms with Crippen molar-refractivity contribution in [3.05, 3.63) is 88.0 Å². The Morgan fingerprint density at radius 1 is 1.08 bits per heavy atom. The smallest absolute Gasteiger partial charge is 0.273 e. The van der Waals surface area contributed by atoms with Gasteiger partial charge in [-0.2, -0.15) is 0 Å². The second kappa shape index (κ2) is 10.5. The molecule has 2 aromatic carbocycles. The minimum absolute atomic E-state index is 0.0373. The monoisotopic (exact) mass is 507 g/mol. The summed E-state index contributed by atoms with van der Waals surface area (Å²) in [5.41, 5.74) is 1.97. The number of amides is 3. The number of hydrogen-bond donors (Lipinski definition) is 2. The highest BCUT2D eigenvalue weighted by atomic mass is 35.5. The molecule has 1 aliphatic heterocycles. The zero-order valence-electron chi connectivity index (χ0n) is 20.7. The van der Waals surface area contributed by atoms with Gasteiger partial charge in [0, 0.05) is 24.7 Å². The molecule has 0 bridgehead atoms. The number of hydrogen-bond acceptors (Lipinski definition) is 4. The first-order chi connectivity index (χ1) is 17.2. The van der Waals surface area contributed by atoms with Crippen molar-refractivity contribution in [3.8, 4) is 0 Å². The van der Waals surface area contributed by atoms with Gasteiger partial charge in [0.05, 0.1) is 12.9 Å². The van der Waals surface area contributed by atoms with Crippen LogP contribution >= 0.6 is 11.6 Å². The molecule has 188 valence electrons. The van der Waals surface area contributed by atoms with Crippen LogP contribution in [0.25, 0.3) is 0 Å². The van der Waals surface area contributed by atoms with E-state index >= 15 is 0 Å². The van der Waals surface area contributed by atoms with E-state index in [0.29, 0.717) is 24.5 Å². The summed E-state index contributed by atoms with van der Waals surface area (Å²) in [5.74, 6) is -1.12. The average molecular weight is 508 g/mol. The maximum Gasteiger partial charge on any atom is 0.273 e. The molecule has 9 heteroatoms. The van der Waals surface area contributed by atoms with Gasteiger partial charge in [0.2, 0.25) is 5.91 Å². The van der Waals surface area contributed by atoms with E-state index in [1.54, 1.807) is 22.5 Å². The van der Waals surface area contributed by atoms with Crippen molar-refractivity contribution in [2.45, 2.75) is 52.4 Å². The molecule has 4 rings (SSSR count). The Balaban J connectivity index is 1.54. The van der Waals surface area contributed by atoms with Crippen LogP contribution in [0.3, 0.4) is 0 Å². The Kier molecular flexibility index (Phi) is 7.45. The molecular weight excluding hydrogens is 478 g/mol. The van der Waals surface area contributed by atoms with Crippen molar-refractivity contribution in [2.75, 3.05) is 6.54 Å². The number of halogens is 1. The first-order valence-electron chi connectivity index (χ1n) is 12.0. The lowest BCUT2D eigenvalue weighted by Gasteiger charge is -2.43. The predicted octanol–water partition coefficient (Wildman–Crippen LogP) is 3.72. The molecule has 2 N–H and O–H groups in total. The molecule has 0 unspecified atom stereocenters. The number of fused-ring (bicyclic) bond motifs is 1. The average Bonchev–Trinajstić information content (AvgIpc) is 3.29. The normalized spacial score (nSPS) is 17.0. The van der Waals surface area contributed by atoms with Crippen molar-refractivity contribution in [1.82, 2.24) is 25.1 Å². The van der Waals surface area contributed by atoms with Crippen LogP contribution in [0.2, 0.25) is 5.02 Å². The van der Waals surface area contributed by atoms with Gasteiger partial charge in [-0.15, -0.1) is 0 Å². The van der Waals surface area contributed by atoms with E-state index in [-0.39, 0.29) is 30.4 Å². The zero-order valence-corrected chi connectivity index (χ0v) is 21.4. The van der Waals surface area contributed by atoms with E-state index in [1.165, 1.54) is 6.33 Å². The summed E-state index contributed by atoms with van der Waals surface area (Å²) in [5, 5.41) is 6.32. The fourth-order valence-corrected chi connectivity index (χ4v) is 4.61. The maximum atomic E-state index is 13.6. The minimum atomic E-state index is -1.13. The Hall–Kier alpha value is -3.65. The fourth-order valence-electron chi connectivity index (χ4n) is 4.41. The van der Waals surface area contributed by atoms with Crippen molar-refractivity contribution in [1.29, 1.82) is 0 Å². The number of aryl methyl sites for hydroxylation is 1. The summed E-state index contributed by atoms with van der Waals surface area (Å²) >= 11 is 6.19. The molecule has 3 amide bonds. The summed E-state index contributed by atoms with van der Waals surface area (Å²) in [6, 6.07) is 15.1. The Morgan fingerprint density at radius 3 is 2.50 bits per heavy atom. The fraction of sp³-hybridized carbons (Fsp3) is 0.333. The van der Waals surface area contributed by atoms with Gasteiger partial charge in [-0.25, -0.2) is 4.98 Å². The molecular formula is C27H30ClN5O3. The predicted molar refractivity (Wildman–Crippen MR) is 138 cm³/mol. The summed E-state index contributed by atoms with van der Waals surface area (Å²) in [7, 11) is 0. The van der Waals surface area contributed by atoms with Gasteiger partial charge < -0.3 is 20.1 Å². The molecule has 0 aliphatic carbocycles. The molecule has 0 spiro atoms. The van der Waals surface area contributed by atoms with Gasteiger partial charge in [0.15, 0.2) is 5.69 Å². The van der Waals surface area contributed by atoms with Crippen LogP contribution in [0.5, 0.6) is 0 Å². The molecule has 0 saturated carbocycles. The van der Waals surface area contributed by atoms with Gasteiger partial charge in [-0.1, -0.05) is 66.6 Å². The zero-order chi connectivity index (χ0) is 25.9. The van der Waals surface area contributed by atoms with Gasteiger partial charge in [0.25, 0.3) is 11.8 Å². The molecule has 8 nitrogen and oxygen atoms in total. The SMILES string of the molecule is CCCN1C(=O)c2c(C(=O)NCc3ccccc3Cl)ncn2C[C@@]1(C)C(=O)NCc1ccc(C)cc1. The molecule has 1 aromatic heterocycles. The summed E-state index contributed by atoms with van der Waals surface area (Å²) in [4.78, 5) is 45.8. The van der Waals surface area contributed by atoms with E-state index < -0.39 is 17.4 Å². The molecule has 0 fully saturated rings. The van der Waals surface area contributed by atoms with Gasteiger partial charge >= 0.3 is 0 Å². The molecule has 36 heavy (non-hydrogen) atoms. The number of rotatable bonds is 8. The Bertz CT molecular complexity index is 1290. The molecule has 1 aliphatic rings. The lowest BCUT2D eigenvalue weighted by atomic mass is 9.93. The van der Waals surface area contributed by atoms with Crippen LogP contribution < -0.4 is 10.6 Å². The van der Waals surface area contributed by atoms with E-state index in [4.69, 9.17) is 11.6 Å². The highest BCUT2D eigenvalue weighted by Gasteiger charge is 2.48. The summed E-state index contributed by atoms with van der Waals surface area (Å²) in [6.07, 6.45) is 2.11. The van der Waals surface area contributed by atoms with Crippen LogP contribution in [-0.2, 0) is 24.4 Å². The van der Waals surface area contributed by atoms with Crippen LogP contribution in [0.1, 0.15) is 57.9 Å². The topological polar surface area (TPSA) is 96.3 Å². The van der Waals surface area contributed by atoms with Crippen molar-refractivity contribution >= 4 is 29.3 Å². The van der Waals surface area contributed by atoms with Crippen molar-refractivity contribution < 1.29 is 14.4 Å². The third-order valence-electron chi connectivity index (χ3n) is 6.48. The number of benzene rings is 2. The number of nitrogens with one attached hydrogen (secondary N) is 2. The third kappa shape index (κ3) is 4.99. The molecule has 1 atom stereocenters. The third-order valence-corrected chi connectivity index (χ3v) is 6.85. The minimum Gasteiger partial charge on any atom is -0.350 e.